The van der Waals surface area contributed by atoms with Gasteiger partial charge >= 0.3 is 6.18 Å². The summed E-state index contributed by atoms with van der Waals surface area (Å²) in [5.74, 6) is -0.323. The number of halogens is 4. The largest absolute Gasteiger partial charge is 0.459 e. The summed E-state index contributed by atoms with van der Waals surface area (Å²) in [4.78, 5) is 0. The van der Waals surface area contributed by atoms with Crippen LogP contribution < -0.4 is 5.73 Å². The van der Waals surface area contributed by atoms with E-state index in [9.17, 15) is 17.6 Å². The van der Waals surface area contributed by atoms with Gasteiger partial charge in [-0.25, -0.2) is 4.39 Å². The van der Waals surface area contributed by atoms with Gasteiger partial charge in [0.25, 0.3) is 0 Å². The summed E-state index contributed by atoms with van der Waals surface area (Å²) in [6.45, 7) is 1.84. The Labute approximate surface area is 113 Å². The Balaban J connectivity index is 2.44. The number of rotatable bonds is 3. The van der Waals surface area contributed by atoms with E-state index in [1.807, 2.05) is 6.92 Å². The molecule has 0 bridgehead atoms. The van der Waals surface area contributed by atoms with Gasteiger partial charge in [-0.15, -0.1) is 0 Å². The predicted octanol–water partition coefficient (Wildman–Crippen LogP) is 4.51. The molecule has 0 aliphatic heterocycles. The summed E-state index contributed by atoms with van der Waals surface area (Å²) in [6, 6.07) is 4.81. The van der Waals surface area contributed by atoms with Gasteiger partial charge in [-0.3, -0.25) is 0 Å². The highest BCUT2D eigenvalue weighted by atomic mass is 19.4. The third-order valence-electron chi connectivity index (χ3n) is 2.99. The second-order valence-corrected chi connectivity index (χ2v) is 4.41. The van der Waals surface area contributed by atoms with Crippen LogP contribution in [-0.4, -0.2) is 0 Å². The molecule has 0 aliphatic rings. The van der Waals surface area contributed by atoms with Crippen molar-refractivity contribution in [3.8, 4) is 11.3 Å². The normalized spacial score (nSPS) is 13.5. The van der Waals surface area contributed by atoms with Crippen LogP contribution in [0.3, 0.4) is 0 Å². The van der Waals surface area contributed by atoms with Crippen LogP contribution in [0.15, 0.2) is 34.7 Å². The first-order valence-electron chi connectivity index (χ1n) is 6.05. The number of hydrogen-bond donors (Lipinski definition) is 1. The lowest BCUT2D eigenvalue weighted by molar-refractivity contribution is -0.137. The SMILES string of the molecule is CCC(N)c1ccc(-c2cc(C(F)(F)F)ccc2F)o1. The zero-order valence-electron chi connectivity index (χ0n) is 10.7. The monoisotopic (exact) mass is 287 g/mol. The van der Waals surface area contributed by atoms with Crippen molar-refractivity contribution in [2.75, 3.05) is 0 Å². The molecule has 0 spiro atoms. The Kier molecular flexibility index (Phi) is 3.85. The zero-order chi connectivity index (χ0) is 14.9. The van der Waals surface area contributed by atoms with Crippen LogP contribution in [0.4, 0.5) is 17.6 Å². The molecule has 0 fully saturated rings. The first-order chi connectivity index (χ1) is 9.32. The molecule has 1 aromatic carbocycles. The van der Waals surface area contributed by atoms with Crippen LogP contribution >= 0.6 is 0 Å². The molecule has 2 rings (SSSR count). The molecule has 0 radical (unpaired) electrons. The molecule has 2 nitrogen and oxygen atoms in total. The zero-order valence-corrected chi connectivity index (χ0v) is 10.7. The minimum Gasteiger partial charge on any atom is -0.459 e. The van der Waals surface area contributed by atoms with Gasteiger partial charge in [0.2, 0.25) is 0 Å². The molecule has 2 N–H and O–H groups in total. The summed E-state index contributed by atoms with van der Waals surface area (Å²) in [7, 11) is 0. The first kappa shape index (κ1) is 14.6. The molecule has 0 aliphatic carbocycles. The summed E-state index contributed by atoms with van der Waals surface area (Å²) in [5, 5.41) is 0. The van der Waals surface area contributed by atoms with Gasteiger partial charge in [0.05, 0.1) is 17.2 Å². The van der Waals surface area contributed by atoms with Gasteiger partial charge in [0.1, 0.15) is 17.3 Å². The van der Waals surface area contributed by atoms with E-state index in [1.54, 1.807) is 6.07 Å². The maximum atomic E-state index is 13.7. The van der Waals surface area contributed by atoms with Crippen molar-refractivity contribution in [3.05, 3.63) is 47.5 Å². The van der Waals surface area contributed by atoms with E-state index in [2.05, 4.69) is 0 Å². The van der Waals surface area contributed by atoms with E-state index in [-0.39, 0.29) is 17.4 Å². The fourth-order valence-electron chi connectivity index (χ4n) is 1.79. The summed E-state index contributed by atoms with van der Waals surface area (Å²) in [6.07, 6.45) is -3.92. The summed E-state index contributed by atoms with van der Waals surface area (Å²) >= 11 is 0. The minimum absolute atomic E-state index is 0.0347. The van der Waals surface area contributed by atoms with E-state index in [0.717, 1.165) is 12.1 Å². The molecule has 2 aromatic rings. The van der Waals surface area contributed by atoms with E-state index >= 15 is 0 Å². The van der Waals surface area contributed by atoms with Crippen LogP contribution in [0, 0.1) is 5.82 Å². The van der Waals surface area contributed by atoms with Crippen LogP contribution in [-0.2, 0) is 6.18 Å². The maximum absolute atomic E-state index is 13.7. The third kappa shape index (κ3) is 2.85. The van der Waals surface area contributed by atoms with Gasteiger partial charge in [-0.2, -0.15) is 13.2 Å². The fraction of sp³-hybridized carbons (Fsp3) is 0.286. The molecule has 1 aromatic heterocycles. The van der Waals surface area contributed by atoms with Crippen LogP contribution in [0.1, 0.15) is 30.7 Å². The number of nitrogens with two attached hydrogens (primary N) is 1. The van der Waals surface area contributed by atoms with E-state index in [4.69, 9.17) is 10.2 Å². The van der Waals surface area contributed by atoms with Gasteiger partial charge in [-0.1, -0.05) is 6.92 Å². The summed E-state index contributed by atoms with van der Waals surface area (Å²) < 4.78 is 56.9. The highest BCUT2D eigenvalue weighted by Crippen LogP contribution is 2.34. The number of hydrogen-bond acceptors (Lipinski definition) is 2. The highest BCUT2D eigenvalue weighted by molar-refractivity contribution is 5.60. The van der Waals surface area contributed by atoms with Gasteiger partial charge < -0.3 is 10.2 Å². The average Bonchev–Trinajstić information content (AvgIpc) is 2.86. The maximum Gasteiger partial charge on any atom is 0.416 e. The van der Waals surface area contributed by atoms with Crippen molar-refractivity contribution in [2.45, 2.75) is 25.6 Å². The number of furan rings is 1. The van der Waals surface area contributed by atoms with Crippen molar-refractivity contribution >= 4 is 0 Å². The topological polar surface area (TPSA) is 39.2 Å². The standard InChI is InChI=1S/C14H13F4NO/c1-2-11(19)13-6-5-12(20-13)9-7-8(14(16,17)18)3-4-10(9)15/h3-7,11H,2,19H2,1H3. The van der Waals surface area contributed by atoms with Crippen LogP contribution in [0.2, 0.25) is 0 Å². The average molecular weight is 287 g/mol. The van der Waals surface area contributed by atoms with Gasteiger partial charge in [-0.05, 0) is 36.8 Å². The molecule has 1 atom stereocenters. The fourth-order valence-corrected chi connectivity index (χ4v) is 1.79. The molecular formula is C14H13F4NO. The quantitative estimate of drug-likeness (QED) is 0.843. The van der Waals surface area contributed by atoms with Crippen LogP contribution in [0.5, 0.6) is 0 Å². The molecule has 0 amide bonds. The van der Waals surface area contributed by atoms with Crippen molar-refractivity contribution in [1.82, 2.24) is 0 Å². The van der Waals surface area contributed by atoms with Gasteiger partial charge in [0, 0.05) is 0 Å². The van der Waals surface area contributed by atoms with Crippen molar-refractivity contribution in [1.29, 1.82) is 0 Å². The molecular weight excluding hydrogens is 274 g/mol. The highest BCUT2D eigenvalue weighted by Gasteiger charge is 2.31. The molecule has 108 valence electrons. The molecule has 0 saturated carbocycles. The molecule has 20 heavy (non-hydrogen) atoms. The van der Waals surface area contributed by atoms with E-state index in [0.29, 0.717) is 18.2 Å². The Morgan fingerprint density at radius 2 is 1.90 bits per heavy atom. The molecule has 1 heterocycles. The Bertz CT molecular complexity index is 603. The Morgan fingerprint density at radius 3 is 2.50 bits per heavy atom. The number of alkyl halides is 3. The van der Waals surface area contributed by atoms with Crippen molar-refractivity contribution < 1.29 is 22.0 Å². The summed E-state index contributed by atoms with van der Waals surface area (Å²) in [5.41, 5.74) is 4.60. The Hall–Kier alpha value is -1.82. The second-order valence-electron chi connectivity index (χ2n) is 4.41. The minimum atomic E-state index is -4.53. The van der Waals surface area contributed by atoms with Crippen molar-refractivity contribution in [2.24, 2.45) is 5.73 Å². The molecule has 0 saturated heterocycles. The first-order valence-corrected chi connectivity index (χ1v) is 6.05. The second kappa shape index (κ2) is 5.28. The lowest BCUT2D eigenvalue weighted by Crippen LogP contribution is -2.07. The van der Waals surface area contributed by atoms with E-state index in [1.165, 1.54) is 6.07 Å². The molecule has 6 heteroatoms. The third-order valence-corrected chi connectivity index (χ3v) is 2.99. The lowest BCUT2D eigenvalue weighted by Gasteiger charge is -2.09. The predicted molar refractivity (Wildman–Crippen MR) is 66.3 cm³/mol. The molecule has 1 unspecified atom stereocenters. The Morgan fingerprint density at radius 1 is 1.20 bits per heavy atom. The van der Waals surface area contributed by atoms with E-state index < -0.39 is 17.6 Å². The van der Waals surface area contributed by atoms with Gasteiger partial charge in [0.15, 0.2) is 0 Å². The van der Waals surface area contributed by atoms with Crippen molar-refractivity contribution in [3.63, 3.8) is 0 Å². The smallest absolute Gasteiger partial charge is 0.416 e. The lowest BCUT2D eigenvalue weighted by atomic mass is 10.1. The van der Waals surface area contributed by atoms with Crippen LogP contribution in [0.25, 0.3) is 11.3 Å². The number of benzene rings is 1.